The second-order valence-corrected chi connectivity index (χ2v) is 5.52. The molecule has 0 aliphatic heterocycles. The third kappa shape index (κ3) is 3.50. The Hall–Kier alpha value is -1.58. The first-order valence-electron chi connectivity index (χ1n) is 7.26. The topological polar surface area (TPSA) is 38.3 Å². The molecule has 1 fully saturated rings. The molecule has 1 aromatic carbocycles. The van der Waals surface area contributed by atoms with Gasteiger partial charge in [-0.2, -0.15) is 0 Å². The lowest BCUT2D eigenvalue weighted by Gasteiger charge is -2.29. The van der Waals surface area contributed by atoms with E-state index in [4.69, 9.17) is 0 Å². The molecule has 0 heterocycles. The first-order valence-corrected chi connectivity index (χ1v) is 7.26. The average Bonchev–Trinajstić information content (AvgIpc) is 2.49. The predicted octanol–water partition coefficient (Wildman–Crippen LogP) is 3.99. The summed E-state index contributed by atoms with van der Waals surface area (Å²) in [5.41, 5.74) is 0.748. The van der Waals surface area contributed by atoms with Gasteiger partial charge in [-0.15, -0.1) is 0 Å². The van der Waals surface area contributed by atoms with Crippen molar-refractivity contribution in [2.45, 2.75) is 45.1 Å². The molecule has 1 aliphatic rings. The second-order valence-electron chi connectivity index (χ2n) is 5.52. The van der Waals surface area contributed by atoms with Crippen LogP contribution in [0.5, 0.6) is 0 Å². The minimum absolute atomic E-state index is 0.0201. The number of carbonyl (C=O) groups is 1. The summed E-state index contributed by atoms with van der Waals surface area (Å²) < 4.78 is 18.2. The molecule has 0 radical (unpaired) electrons. The maximum absolute atomic E-state index is 13.6. The summed E-state index contributed by atoms with van der Waals surface area (Å²) in [6.07, 6.45) is 6.37. The van der Waals surface area contributed by atoms with E-state index in [1.807, 2.05) is 0 Å². The van der Waals surface area contributed by atoms with Crippen LogP contribution in [0.15, 0.2) is 18.2 Å². The van der Waals surface area contributed by atoms with Crippen molar-refractivity contribution in [2.24, 2.45) is 5.92 Å². The first kappa shape index (κ1) is 14.8. The normalized spacial score (nSPS) is 17.6. The Bertz CT molecular complexity index is 470. The minimum Gasteiger partial charge on any atom is -0.465 e. The summed E-state index contributed by atoms with van der Waals surface area (Å²) in [6.45, 7) is 2.15. The van der Waals surface area contributed by atoms with Gasteiger partial charge in [0.15, 0.2) is 0 Å². The lowest BCUT2D eigenvalue weighted by molar-refractivity contribution is 0.0595. The fourth-order valence-corrected chi connectivity index (χ4v) is 2.90. The lowest BCUT2D eigenvalue weighted by Crippen LogP contribution is -2.27. The van der Waals surface area contributed by atoms with E-state index in [1.54, 1.807) is 6.07 Å². The molecule has 0 spiro atoms. The standard InChI is InChI=1S/C16H22FNO2/c1-11(12-6-4-3-5-7-12)18-13-8-9-15(17)14(10-13)16(19)20-2/h8-12,18H,3-7H2,1-2H3. The lowest BCUT2D eigenvalue weighted by atomic mass is 9.84. The zero-order chi connectivity index (χ0) is 14.5. The zero-order valence-corrected chi connectivity index (χ0v) is 12.1. The summed E-state index contributed by atoms with van der Waals surface area (Å²) in [4.78, 5) is 11.5. The molecule has 1 aliphatic carbocycles. The molecule has 0 aromatic heterocycles. The van der Waals surface area contributed by atoms with Crippen LogP contribution in [0.2, 0.25) is 0 Å². The van der Waals surface area contributed by atoms with Crippen LogP contribution < -0.4 is 5.32 Å². The third-order valence-corrected chi connectivity index (χ3v) is 4.12. The van der Waals surface area contributed by atoms with Gasteiger partial charge in [0.2, 0.25) is 0 Å². The molecule has 110 valence electrons. The Morgan fingerprint density at radius 1 is 1.35 bits per heavy atom. The molecule has 0 bridgehead atoms. The number of nitrogens with one attached hydrogen (secondary N) is 1. The van der Waals surface area contributed by atoms with E-state index in [0.29, 0.717) is 12.0 Å². The highest BCUT2D eigenvalue weighted by Crippen LogP contribution is 2.28. The van der Waals surface area contributed by atoms with Crippen LogP contribution >= 0.6 is 0 Å². The van der Waals surface area contributed by atoms with Crippen molar-refractivity contribution < 1.29 is 13.9 Å². The predicted molar refractivity (Wildman–Crippen MR) is 77.4 cm³/mol. The highest BCUT2D eigenvalue weighted by Gasteiger charge is 2.20. The van der Waals surface area contributed by atoms with Crippen LogP contribution in [0.1, 0.15) is 49.4 Å². The van der Waals surface area contributed by atoms with Gasteiger partial charge < -0.3 is 10.1 Å². The number of ether oxygens (including phenoxy) is 1. The van der Waals surface area contributed by atoms with Gasteiger partial charge in [-0.05, 0) is 43.9 Å². The SMILES string of the molecule is COC(=O)c1cc(NC(C)C2CCCCC2)ccc1F. The van der Waals surface area contributed by atoms with Crippen molar-refractivity contribution in [2.75, 3.05) is 12.4 Å². The van der Waals surface area contributed by atoms with Gasteiger partial charge in [-0.25, -0.2) is 9.18 Å². The highest BCUT2D eigenvalue weighted by molar-refractivity contribution is 5.90. The molecule has 2 rings (SSSR count). The summed E-state index contributed by atoms with van der Waals surface area (Å²) in [7, 11) is 1.26. The number of anilines is 1. The Kier molecular flexibility index (Phi) is 4.99. The molecular formula is C16H22FNO2. The van der Waals surface area contributed by atoms with Crippen LogP contribution in [0.3, 0.4) is 0 Å². The number of carbonyl (C=O) groups excluding carboxylic acids is 1. The first-order chi connectivity index (χ1) is 9.61. The van der Waals surface area contributed by atoms with Crippen molar-refractivity contribution >= 4 is 11.7 Å². The van der Waals surface area contributed by atoms with Crippen LogP contribution in [0, 0.1) is 11.7 Å². The maximum Gasteiger partial charge on any atom is 0.340 e. The van der Waals surface area contributed by atoms with Crippen LogP contribution in [0.25, 0.3) is 0 Å². The fourth-order valence-electron chi connectivity index (χ4n) is 2.90. The number of benzene rings is 1. The number of hydrogen-bond donors (Lipinski definition) is 1. The van der Waals surface area contributed by atoms with Gasteiger partial charge in [0.05, 0.1) is 12.7 Å². The molecule has 4 heteroatoms. The number of hydrogen-bond acceptors (Lipinski definition) is 3. The summed E-state index contributed by atoms with van der Waals surface area (Å²) in [6, 6.07) is 4.83. The summed E-state index contributed by atoms with van der Waals surface area (Å²) >= 11 is 0. The van der Waals surface area contributed by atoms with Gasteiger partial charge in [0.1, 0.15) is 5.82 Å². The zero-order valence-electron chi connectivity index (χ0n) is 12.1. The van der Waals surface area contributed by atoms with E-state index in [0.717, 1.165) is 5.69 Å². The molecular weight excluding hydrogens is 257 g/mol. The molecule has 1 saturated carbocycles. The van der Waals surface area contributed by atoms with Crippen molar-refractivity contribution in [1.82, 2.24) is 0 Å². The van der Waals surface area contributed by atoms with Crippen LogP contribution in [-0.2, 0) is 4.74 Å². The van der Waals surface area contributed by atoms with E-state index in [1.165, 1.54) is 51.3 Å². The summed E-state index contributed by atoms with van der Waals surface area (Å²) in [5.74, 6) is -0.542. The number of esters is 1. The van der Waals surface area contributed by atoms with E-state index in [-0.39, 0.29) is 5.56 Å². The minimum atomic E-state index is -0.642. The fraction of sp³-hybridized carbons (Fsp3) is 0.562. The molecule has 0 saturated heterocycles. The van der Waals surface area contributed by atoms with Crippen molar-refractivity contribution in [3.63, 3.8) is 0 Å². The molecule has 1 unspecified atom stereocenters. The number of methoxy groups -OCH3 is 1. The van der Waals surface area contributed by atoms with Crippen LogP contribution in [-0.4, -0.2) is 19.1 Å². The van der Waals surface area contributed by atoms with Crippen LogP contribution in [0.4, 0.5) is 10.1 Å². The average molecular weight is 279 g/mol. The van der Waals surface area contributed by atoms with E-state index >= 15 is 0 Å². The van der Waals surface area contributed by atoms with E-state index in [2.05, 4.69) is 17.0 Å². The monoisotopic (exact) mass is 279 g/mol. The quantitative estimate of drug-likeness (QED) is 0.847. The Balaban J connectivity index is 2.07. The number of halogens is 1. The Morgan fingerprint density at radius 3 is 2.70 bits per heavy atom. The van der Waals surface area contributed by atoms with Crippen molar-refractivity contribution in [3.05, 3.63) is 29.6 Å². The Labute approximate surface area is 119 Å². The van der Waals surface area contributed by atoms with Crippen molar-refractivity contribution in [1.29, 1.82) is 0 Å². The number of rotatable bonds is 4. The maximum atomic E-state index is 13.6. The highest BCUT2D eigenvalue weighted by atomic mass is 19.1. The Morgan fingerprint density at radius 2 is 2.05 bits per heavy atom. The smallest absolute Gasteiger partial charge is 0.340 e. The molecule has 1 aromatic rings. The molecule has 1 atom stereocenters. The third-order valence-electron chi connectivity index (χ3n) is 4.12. The van der Waals surface area contributed by atoms with Gasteiger partial charge in [-0.1, -0.05) is 19.3 Å². The molecule has 1 N–H and O–H groups in total. The molecule has 3 nitrogen and oxygen atoms in total. The summed E-state index contributed by atoms with van der Waals surface area (Å²) in [5, 5.41) is 3.38. The van der Waals surface area contributed by atoms with Gasteiger partial charge in [0, 0.05) is 11.7 Å². The largest absolute Gasteiger partial charge is 0.465 e. The van der Waals surface area contributed by atoms with E-state index in [9.17, 15) is 9.18 Å². The molecule has 20 heavy (non-hydrogen) atoms. The second kappa shape index (κ2) is 6.73. The van der Waals surface area contributed by atoms with Gasteiger partial charge in [0.25, 0.3) is 0 Å². The molecule has 0 amide bonds. The van der Waals surface area contributed by atoms with E-state index < -0.39 is 11.8 Å². The van der Waals surface area contributed by atoms with Crippen molar-refractivity contribution in [3.8, 4) is 0 Å². The van der Waals surface area contributed by atoms with Gasteiger partial charge in [-0.3, -0.25) is 0 Å². The van der Waals surface area contributed by atoms with Gasteiger partial charge >= 0.3 is 5.97 Å².